The predicted octanol–water partition coefficient (Wildman–Crippen LogP) is 4.96. The fourth-order valence-corrected chi connectivity index (χ4v) is 3.53. The lowest BCUT2D eigenvalue weighted by atomic mass is 10.2. The SMILES string of the molecule is Nc1cc(Br)cc(-c2nc3cccc(Cl)c3s2)c1. The van der Waals surface area contributed by atoms with Crippen LogP contribution < -0.4 is 5.73 Å². The predicted molar refractivity (Wildman–Crippen MR) is 82.2 cm³/mol. The summed E-state index contributed by atoms with van der Waals surface area (Å²) in [5.41, 5.74) is 8.47. The van der Waals surface area contributed by atoms with Gasteiger partial charge in [0.25, 0.3) is 0 Å². The van der Waals surface area contributed by atoms with E-state index < -0.39 is 0 Å². The minimum absolute atomic E-state index is 0.713. The van der Waals surface area contributed by atoms with E-state index in [2.05, 4.69) is 20.9 Å². The van der Waals surface area contributed by atoms with Crippen molar-refractivity contribution in [1.29, 1.82) is 0 Å². The number of halogens is 2. The Balaban J connectivity index is 2.22. The molecule has 5 heteroatoms. The highest BCUT2D eigenvalue weighted by molar-refractivity contribution is 9.10. The Morgan fingerprint density at radius 3 is 2.78 bits per heavy atom. The largest absolute Gasteiger partial charge is 0.399 e. The number of aromatic nitrogens is 1. The third kappa shape index (κ3) is 2.11. The monoisotopic (exact) mass is 338 g/mol. The van der Waals surface area contributed by atoms with Gasteiger partial charge in [0.15, 0.2) is 0 Å². The number of fused-ring (bicyclic) bond motifs is 1. The van der Waals surface area contributed by atoms with Crippen molar-refractivity contribution in [2.45, 2.75) is 0 Å². The zero-order chi connectivity index (χ0) is 12.7. The molecule has 0 aliphatic rings. The number of rotatable bonds is 1. The van der Waals surface area contributed by atoms with E-state index in [1.165, 1.54) is 0 Å². The number of benzene rings is 2. The van der Waals surface area contributed by atoms with Gasteiger partial charge in [0.2, 0.25) is 0 Å². The van der Waals surface area contributed by atoms with E-state index in [0.717, 1.165) is 30.3 Å². The van der Waals surface area contributed by atoms with E-state index in [1.54, 1.807) is 11.3 Å². The average Bonchev–Trinajstić information content (AvgIpc) is 2.73. The minimum atomic E-state index is 0.713. The first-order chi connectivity index (χ1) is 8.63. The number of hydrogen-bond acceptors (Lipinski definition) is 3. The first-order valence-electron chi connectivity index (χ1n) is 5.25. The van der Waals surface area contributed by atoms with Crippen LogP contribution in [0.4, 0.5) is 5.69 Å². The first kappa shape index (κ1) is 12.0. The lowest BCUT2D eigenvalue weighted by Crippen LogP contribution is -1.85. The molecule has 3 rings (SSSR count). The molecule has 0 saturated heterocycles. The zero-order valence-corrected chi connectivity index (χ0v) is 12.3. The van der Waals surface area contributed by atoms with Crippen molar-refractivity contribution in [2.75, 3.05) is 5.73 Å². The van der Waals surface area contributed by atoms with Crippen molar-refractivity contribution < 1.29 is 0 Å². The summed E-state index contributed by atoms with van der Waals surface area (Å²) < 4.78 is 1.95. The van der Waals surface area contributed by atoms with Gasteiger partial charge in [0, 0.05) is 15.7 Å². The van der Waals surface area contributed by atoms with Crippen LogP contribution in [0.2, 0.25) is 5.02 Å². The van der Waals surface area contributed by atoms with Crippen LogP contribution in [0.15, 0.2) is 40.9 Å². The number of nitrogens with zero attached hydrogens (tertiary/aromatic N) is 1. The van der Waals surface area contributed by atoms with E-state index in [1.807, 2.05) is 36.4 Å². The molecule has 1 heterocycles. The van der Waals surface area contributed by atoms with Crippen molar-refractivity contribution in [3.63, 3.8) is 0 Å². The molecule has 0 radical (unpaired) electrons. The molecule has 90 valence electrons. The van der Waals surface area contributed by atoms with Gasteiger partial charge >= 0.3 is 0 Å². The molecule has 0 amide bonds. The lowest BCUT2D eigenvalue weighted by Gasteiger charge is -1.99. The number of hydrogen-bond donors (Lipinski definition) is 1. The van der Waals surface area contributed by atoms with E-state index in [0.29, 0.717) is 5.69 Å². The van der Waals surface area contributed by atoms with Gasteiger partial charge in [-0.3, -0.25) is 0 Å². The molecule has 0 spiro atoms. The maximum absolute atomic E-state index is 6.16. The molecule has 2 nitrogen and oxygen atoms in total. The Hall–Kier alpha value is -1.10. The van der Waals surface area contributed by atoms with E-state index in [-0.39, 0.29) is 0 Å². The number of thiazole rings is 1. The van der Waals surface area contributed by atoms with Crippen molar-refractivity contribution in [1.82, 2.24) is 4.98 Å². The summed E-state index contributed by atoms with van der Waals surface area (Å²) in [7, 11) is 0. The normalized spacial score (nSPS) is 11.0. The van der Waals surface area contributed by atoms with E-state index in [4.69, 9.17) is 17.3 Å². The Morgan fingerprint density at radius 1 is 1.22 bits per heavy atom. The maximum Gasteiger partial charge on any atom is 0.124 e. The molecule has 1 aromatic heterocycles. The zero-order valence-electron chi connectivity index (χ0n) is 9.15. The summed E-state index contributed by atoms with van der Waals surface area (Å²) in [5.74, 6) is 0. The fraction of sp³-hybridized carbons (Fsp3) is 0. The van der Waals surface area contributed by atoms with Crippen LogP contribution in [-0.2, 0) is 0 Å². The molecule has 0 saturated carbocycles. The average molecular weight is 340 g/mol. The van der Waals surface area contributed by atoms with Gasteiger partial charge in [0.05, 0.1) is 15.2 Å². The highest BCUT2D eigenvalue weighted by atomic mass is 79.9. The summed E-state index contributed by atoms with van der Waals surface area (Å²) in [6.07, 6.45) is 0. The summed E-state index contributed by atoms with van der Waals surface area (Å²) in [4.78, 5) is 4.58. The van der Waals surface area contributed by atoms with Gasteiger partial charge in [-0.25, -0.2) is 4.98 Å². The van der Waals surface area contributed by atoms with Crippen molar-refractivity contribution in [3.8, 4) is 10.6 Å². The molecule has 3 aromatic rings. The molecular weight excluding hydrogens is 332 g/mol. The third-order valence-corrected chi connectivity index (χ3v) is 4.57. The van der Waals surface area contributed by atoms with Crippen LogP contribution in [-0.4, -0.2) is 4.98 Å². The van der Waals surface area contributed by atoms with Crippen molar-refractivity contribution >= 4 is 54.8 Å². The van der Waals surface area contributed by atoms with E-state index >= 15 is 0 Å². The molecule has 2 N–H and O–H groups in total. The van der Waals surface area contributed by atoms with Gasteiger partial charge < -0.3 is 5.73 Å². The van der Waals surface area contributed by atoms with Crippen LogP contribution in [0.3, 0.4) is 0 Å². The Labute approximate surface area is 122 Å². The molecule has 0 bridgehead atoms. The van der Waals surface area contributed by atoms with Gasteiger partial charge in [0.1, 0.15) is 5.01 Å². The summed E-state index contributed by atoms with van der Waals surface area (Å²) in [5, 5.41) is 1.66. The highest BCUT2D eigenvalue weighted by Gasteiger charge is 2.09. The van der Waals surface area contributed by atoms with Crippen molar-refractivity contribution in [3.05, 3.63) is 45.9 Å². The van der Waals surface area contributed by atoms with Crippen LogP contribution in [0.25, 0.3) is 20.8 Å². The summed E-state index contributed by atoms with van der Waals surface area (Å²) >= 11 is 11.2. The maximum atomic E-state index is 6.16. The first-order valence-corrected chi connectivity index (χ1v) is 7.24. The quantitative estimate of drug-likeness (QED) is 0.636. The highest BCUT2D eigenvalue weighted by Crippen LogP contribution is 2.35. The molecule has 0 aliphatic heterocycles. The van der Waals surface area contributed by atoms with Gasteiger partial charge in [-0.05, 0) is 30.3 Å². The van der Waals surface area contributed by atoms with Gasteiger partial charge in [-0.1, -0.05) is 33.6 Å². The molecular formula is C13H8BrClN2S. The third-order valence-electron chi connectivity index (χ3n) is 2.53. The Bertz CT molecular complexity index is 719. The molecule has 0 atom stereocenters. The molecule has 0 unspecified atom stereocenters. The topological polar surface area (TPSA) is 38.9 Å². The second-order valence-corrected chi connectivity index (χ2v) is 6.20. The standard InChI is InChI=1S/C13H8BrClN2S/c14-8-4-7(5-9(16)6-8)13-17-11-3-1-2-10(15)12(11)18-13/h1-6H,16H2. The van der Waals surface area contributed by atoms with Crippen LogP contribution >= 0.6 is 38.9 Å². The smallest absolute Gasteiger partial charge is 0.124 e. The van der Waals surface area contributed by atoms with E-state index in [9.17, 15) is 0 Å². The molecule has 0 aliphatic carbocycles. The summed E-state index contributed by atoms with van der Waals surface area (Å²) in [6, 6.07) is 11.5. The number of nitrogen functional groups attached to an aromatic ring is 1. The minimum Gasteiger partial charge on any atom is -0.399 e. The Kier molecular flexibility index (Phi) is 3.01. The Morgan fingerprint density at radius 2 is 2.06 bits per heavy atom. The molecule has 0 fully saturated rings. The van der Waals surface area contributed by atoms with Crippen molar-refractivity contribution in [2.24, 2.45) is 0 Å². The fourth-order valence-electron chi connectivity index (χ4n) is 1.77. The van der Waals surface area contributed by atoms with Gasteiger partial charge in [-0.15, -0.1) is 11.3 Å². The van der Waals surface area contributed by atoms with Gasteiger partial charge in [-0.2, -0.15) is 0 Å². The summed E-state index contributed by atoms with van der Waals surface area (Å²) in [6.45, 7) is 0. The lowest BCUT2D eigenvalue weighted by molar-refractivity contribution is 1.47. The van der Waals surface area contributed by atoms with Crippen LogP contribution in [0, 0.1) is 0 Å². The number of nitrogens with two attached hydrogens (primary N) is 1. The molecule has 2 aromatic carbocycles. The number of anilines is 1. The van der Waals surface area contributed by atoms with Crippen LogP contribution in [0.5, 0.6) is 0 Å². The van der Waals surface area contributed by atoms with Crippen LogP contribution in [0.1, 0.15) is 0 Å². The molecule has 18 heavy (non-hydrogen) atoms. The second kappa shape index (κ2) is 4.53. The second-order valence-electron chi connectivity index (χ2n) is 3.88.